The summed E-state index contributed by atoms with van der Waals surface area (Å²) in [6.07, 6.45) is 3.74. The zero-order chi connectivity index (χ0) is 18.0. The van der Waals surface area contributed by atoms with Crippen molar-refractivity contribution in [3.05, 3.63) is 35.9 Å². The molecule has 1 atom stereocenters. The van der Waals surface area contributed by atoms with E-state index in [1.54, 1.807) is 0 Å². The fourth-order valence-electron chi connectivity index (χ4n) is 2.37. The molecule has 0 saturated heterocycles. The molecule has 0 aliphatic rings. The third-order valence-electron chi connectivity index (χ3n) is 3.55. The molecule has 1 rings (SSSR count). The van der Waals surface area contributed by atoms with E-state index in [4.69, 9.17) is 9.47 Å². The molecule has 0 bridgehead atoms. The van der Waals surface area contributed by atoms with E-state index in [1.165, 1.54) is 0 Å². The van der Waals surface area contributed by atoms with Crippen LogP contribution in [-0.4, -0.2) is 17.5 Å². The summed E-state index contributed by atoms with van der Waals surface area (Å²) < 4.78 is 10.7. The predicted molar refractivity (Wildman–Crippen MR) is 94.3 cm³/mol. The molecule has 1 aromatic rings. The van der Waals surface area contributed by atoms with Crippen LogP contribution in [0.5, 0.6) is 0 Å². The van der Waals surface area contributed by atoms with Crippen LogP contribution in [0.25, 0.3) is 0 Å². The lowest BCUT2D eigenvalue weighted by molar-refractivity contribution is -0.162. The topological polar surface area (TPSA) is 52.6 Å². The van der Waals surface area contributed by atoms with E-state index in [-0.39, 0.29) is 25.0 Å². The van der Waals surface area contributed by atoms with Gasteiger partial charge in [-0.05, 0) is 32.8 Å². The van der Waals surface area contributed by atoms with Crippen molar-refractivity contribution in [1.29, 1.82) is 0 Å². The molecule has 0 N–H and O–H groups in total. The lowest BCUT2D eigenvalue weighted by atomic mass is 9.98. The molecule has 0 aromatic heterocycles. The van der Waals surface area contributed by atoms with Crippen LogP contribution >= 0.6 is 0 Å². The van der Waals surface area contributed by atoms with Crippen LogP contribution in [0.2, 0.25) is 0 Å². The molecule has 4 heteroatoms. The number of ether oxygens (including phenoxy) is 2. The van der Waals surface area contributed by atoms with Gasteiger partial charge in [-0.25, -0.2) is 0 Å². The normalized spacial score (nSPS) is 12.5. The highest BCUT2D eigenvalue weighted by Gasteiger charge is 2.26. The predicted octanol–water partition coefficient (Wildman–Crippen LogP) is 4.66. The number of rotatable bonds is 9. The highest BCUT2D eigenvalue weighted by atomic mass is 16.6. The summed E-state index contributed by atoms with van der Waals surface area (Å²) in [5.41, 5.74) is 0.398. The third-order valence-corrected chi connectivity index (χ3v) is 3.55. The fourth-order valence-corrected chi connectivity index (χ4v) is 2.37. The van der Waals surface area contributed by atoms with Crippen molar-refractivity contribution < 1.29 is 19.1 Å². The van der Waals surface area contributed by atoms with E-state index in [2.05, 4.69) is 6.92 Å². The minimum absolute atomic E-state index is 0.0780. The van der Waals surface area contributed by atoms with Crippen molar-refractivity contribution in [3.63, 3.8) is 0 Å². The highest BCUT2D eigenvalue weighted by molar-refractivity contribution is 5.80. The Hall–Kier alpha value is -1.84. The average molecular weight is 334 g/mol. The number of esters is 2. The highest BCUT2D eigenvalue weighted by Crippen LogP contribution is 2.19. The van der Waals surface area contributed by atoms with E-state index in [0.29, 0.717) is 6.42 Å². The molecule has 4 nitrogen and oxygen atoms in total. The second kappa shape index (κ2) is 10.1. The SMILES string of the molecule is CCCCCC(CC(=O)OC(C)(C)C)C(=O)OCc1ccccc1. The zero-order valence-electron chi connectivity index (χ0n) is 15.3. The minimum Gasteiger partial charge on any atom is -0.461 e. The molecule has 0 fully saturated rings. The van der Waals surface area contributed by atoms with Gasteiger partial charge in [-0.3, -0.25) is 9.59 Å². The van der Waals surface area contributed by atoms with E-state index < -0.39 is 11.5 Å². The van der Waals surface area contributed by atoms with Crippen LogP contribution in [0, 0.1) is 5.92 Å². The lowest BCUT2D eigenvalue weighted by Gasteiger charge is -2.21. The molecule has 0 heterocycles. The molecular weight excluding hydrogens is 304 g/mol. The minimum atomic E-state index is -0.543. The first-order valence-electron chi connectivity index (χ1n) is 8.74. The van der Waals surface area contributed by atoms with Crippen molar-refractivity contribution in [2.75, 3.05) is 0 Å². The van der Waals surface area contributed by atoms with E-state index in [1.807, 2.05) is 51.1 Å². The average Bonchev–Trinajstić information content (AvgIpc) is 2.51. The number of carbonyl (C=O) groups excluding carboxylic acids is 2. The van der Waals surface area contributed by atoms with Crippen molar-refractivity contribution >= 4 is 11.9 Å². The van der Waals surface area contributed by atoms with Gasteiger partial charge in [0.25, 0.3) is 0 Å². The zero-order valence-corrected chi connectivity index (χ0v) is 15.3. The first-order chi connectivity index (χ1) is 11.3. The van der Waals surface area contributed by atoms with Gasteiger partial charge in [0, 0.05) is 0 Å². The molecule has 0 amide bonds. The largest absolute Gasteiger partial charge is 0.461 e. The van der Waals surface area contributed by atoms with Crippen LogP contribution in [0.3, 0.4) is 0 Å². The van der Waals surface area contributed by atoms with Gasteiger partial charge in [-0.2, -0.15) is 0 Å². The Morgan fingerprint density at radius 1 is 1.08 bits per heavy atom. The fraction of sp³-hybridized carbons (Fsp3) is 0.600. The Morgan fingerprint density at radius 3 is 2.33 bits per heavy atom. The number of benzene rings is 1. The lowest BCUT2D eigenvalue weighted by Crippen LogP contribution is -2.28. The molecule has 24 heavy (non-hydrogen) atoms. The molecule has 1 aromatic carbocycles. The maximum absolute atomic E-state index is 12.4. The van der Waals surface area contributed by atoms with Gasteiger partial charge in [0.15, 0.2) is 0 Å². The second-order valence-electron chi connectivity index (χ2n) is 7.08. The van der Waals surface area contributed by atoms with Crippen LogP contribution in [0.4, 0.5) is 0 Å². The smallest absolute Gasteiger partial charge is 0.309 e. The summed E-state index contributed by atoms with van der Waals surface area (Å²) in [5.74, 6) is -1.10. The third kappa shape index (κ3) is 8.70. The first kappa shape index (κ1) is 20.2. The summed E-state index contributed by atoms with van der Waals surface area (Å²) in [6.45, 7) is 7.81. The van der Waals surface area contributed by atoms with E-state index in [9.17, 15) is 9.59 Å². The summed E-state index contributed by atoms with van der Waals surface area (Å²) in [5, 5.41) is 0. The van der Waals surface area contributed by atoms with Gasteiger partial charge in [-0.15, -0.1) is 0 Å². The Morgan fingerprint density at radius 2 is 1.75 bits per heavy atom. The monoisotopic (exact) mass is 334 g/mol. The number of hydrogen-bond donors (Lipinski definition) is 0. The van der Waals surface area contributed by atoms with Crippen LogP contribution in [-0.2, 0) is 25.7 Å². The van der Waals surface area contributed by atoms with E-state index >= 15 is 0 Å². The van der Waals surface area contributed by atoms with Crippen LogP contribution in [0.1, 0.15) is 65.4 Å². The molecule has 1 unspecified atom stereocenters. The molecular formula is C20H30O4. The van der Waals surface area contributed by atoms with E-state index in [0.717, 1.165) is 24.8 Å². The summed E-state index contributed by atoms with van der Waals surface area (Å²) in [7, 11) is 0. The van der Waals surface area contributed by atoms with Gasteiger partial charge in [0.2, 0.25) is 0 Å². The van der Waals surface area contributed by atoms with Crippen LogP contribution in [0.15, 0.2) is 30.3 Å². The Kier molecular flexibility index (Phi) is 8.51. The van der Waals surface area contributed by atoms with Crippen molar-refractivity contribution in [3.8, 4) is 0 Å². The van der Waals surface area contributed by atoms with Crippen molar-refractivity contribution in [1.82, 2.24) is 0 Å². The standard InChI is InChI=1S/C20H30O4/c1-5-6-8-13-17(14-18(21)24-20(2,3)4)19(22)23-15-16-11-9-7-10-12-16/h7,9-12,17H,5-6,8,13-15H2,1-4H3. The second-order valence-corrected chi connectivity index (χ2v) is 7.08. The molecule has 0 saturated carbocycles. The maximum atomic E-state index is 12.4. The summed E-state index contributed by atoms with van der Waals surface area (Å²) >= 11 is 0. The molecule has 0 spiro atoms. The Labute approximate surface area is 145 Å². The summed E-state index contributed by atoms with van der Waals surface area (Å²) in [4.78, 5) is 24.4. The number of unbranched alkanes of at least 4 members (excludes halogenated alkanes) is 2. The Bertz CT molecular complexity index is 502. The van der Waals surface area contributed by atoms with Crippen molar-refractivity contribution in [2.45, 2.75) is 72.0 Å². The molecule has 0 aliphatic carbocycles. The number of carbonyl (C=O) groups is 2. The Balaban J connectivity index is 2.58. The van der Waals surface area contributed by atoms with Crippen LogP contribution < -0.4 is 0 Å². The molecule has 134 valence electrons. The number of hydrogen-bond acceptors (Lipinski definition) is 4. The van der Waals surface area contributed by atoms with Gasteiger partial charge in [0.05, 0.1) is 12.3 Å². The van der Waals surface area contributed by atoms with Gasteiger partial charge in [-0.1, -0.05) is 56.5 Å². The van der Waals surface area contributed by atoms with Gasteiger partial charge >= 0.3 is 11.9 Å². The summed E-state index contributed by atoms with van der Waals surface area (Å²) in [6, 6.07) is 9.55. The quantitative estimate of drug-likeness (QED) is 0.487. The maximum Gasteiger partial charge on any atom is 0.309 e. The van der Waals surface area contributed by atoms with Gasteiger partial charge in [0.1, 0.15) is 12.2 Å². The molecule has 0 aliphatic heterocycles. The molecule has 0 radical (unpaired) electrons. The first-order valence-corrected chi connectivity index (χ1v) is 8.74. The van der Waals surface area contributed by atoms with Gasteiger partial charge < -0.3 is 9.47 Å². The van der Waals surface area contributed by atoms with Crippen molar-refractivity contribution in [2.24, 2.45) is 5.92 Å².